The predicted octanol–water partition coefficient (Wildman–Crippen LogP) is 0.449. The largest absolute Gasteiger partial charge is 0.390 e. The van der Waals surface area contributed by atoms with Gasteiger partial charge in [0, 0.05) is 51.0 Å². The molecule has 0 aromatic carbocycles. The first-order chi connectivity index (χ1) is 8.78. The molecular formula is C13H21N3O2. The van der Waals surface area contributed by atoms with Crippen LogP contribution in [0.25, 0.3) is 0 Å². The Labute approximate surface area is 107 Å². The van der Waals surface area contributed by atoms with Crippen LogP contribution in [-0.2, 0) is 31.4 Å². The van der Waals surface area contributed by atoms with E-state index in [9.17, 15) is 5.11 Å². The van der Waals surface area contributed by atoms with E-state index in [0.29, 0.717) is 6.10 Å². The van der Waals surface area contributed by atoms with Crippen molar-refractivity contribution in [2.24, 2.45) is 7.05 Å². The van der Waals surface area contributed by atoms with Gasteiger partial charge in [-0.25, -0.2) is 0 Å². The van der Waals surface area contributed by atoms with Crippen molar-refractivity contribution in [3.05, 3.63) is 17.0 Å². The van der Waals surface area contributed by atoms with Crippen LogP contribution in [0.3, 0.4) is 0 Å². The first-order valence-corrected chi connectivity index (χ1v) is 6.76. The van der Waals surface area contributed by atoms with Crippen molar-refractivity contribution in [3.8, 4) is 0 Å². The van der Waals surface area contributed by atoms with E-state index in [1.54, 1.807) is 0 Å². The zero-order chi connectivity index (χ0) is 12.5. The maximum absolute atomic E-state index is 9.36. The Hall–Kier alpha value is -0.910. The monoisotopic (exact) mass is 251 g/mol. The Kier molecular flexibility index (Phi) is 3.37. The molecule has 0 aliphatic carbocycles. The number of hydrogen-bond donors (Lipinski definition) is 1. The molecule has 3 heterocycles. The topological polar surface area (TPSA) is 50.5 Å². The zero-order valence-corrected chi connectivity index (χ0v) is 10.9. The summed E-state index contributed by atoms with van der Waals surface area (Å²) in [5.74, 6) is 0. The van der Waals surface area contributed by atoms with Gasteiger partial charge in [-0.15, -0.1) is 0 Å². The molecule has 0 bridgehead atoms. The van der Waals surface area contributed by atoms with Crippen LogP contribution >= 0.6 is 0 Å². The second kappa shape index (κ2) is 4.99. The van der Waals surface area contributed by atoms with Gasteiger partial charge in [0.1, 0.15) is 0 Å². The summed E-state index contributed by atoms with van der Waals surface area (Å²) >= 11 is 0. The normalized spacial score (nSPS) is 24.4. The molecular weight excluding hydrogens is 230 g/mol. The van der Waals surface area contributed by atoms with Gasteiger partial charge in [0.2, 0.25) is 0 Å². The summed E-state index contributed by atoms with van der Waals surface area (Å²) in [6, 6.07) is 0. The quantitative estimate of drug-likeness (QED) is 0.847. The zero-order valence-electron chi connectivity index (χ0n) is 10.9. The summed E-state index contributed by atoms with van der Waals surface area (Å²) in [5, 5.41) is 13.7. The highest BCUT2D eigenvalue weighted by atomic mass is 16.5. The van der Waals surface area contributed by atoms with Gasteiger partial charge < -0.3 is 9.84 Å². The van der Waals surface area contributed by atoms with Crippen LogP contribution in [0.5, 0.6) is 0 Å². The SMILES string of the molecule is Cn1nc(CO)c2c1CCN(CC1CCCO1)C2. The van der Waals surface area contributed by atoms with Crippen LogP contribution in [0.15, 0.2) is 0 Å². The van der Waals surface area contributed by atoms with E-state index in [2.05, 4.69) is 10.00 Å². The highest BCUT2D eigenvalue weighted by molar-refractivity contribution is 5.28. The van der Waals surface area contributed by atoms with E-state index in [0.717, 1.165) is 38.4 Å². The van der Waals surface area contributed by atoms with Crippen LogP contribution in [0.4, 0.5) is 0 Å². The van der Waals surface area contributed by atoms with Crippen molar-refractivity contribution in [2.45, 2.75) is 38.5 Å². The van der Waals surface area contributed by atoms with Gasteiger partial charge in [-0.2, -0.15) is 5.10 Å². The highest BCUT2D eigenvalue weighted by Crippen LogP contribution is 2.23. The summed E-state index contributed by atoms with van der Waals surface area (Å²) in [6.45, 7) is 3.94. The minimum atomic E-state index is 0.0386. The van der Waals surface area contributed by atoms with Gasteiger partial charge >= 0.3 is 0 Å². The summed E-state index contributed by atoms with van der Waals surface area (Å²) in [6.07, 6.45) is 3.80. The van der Waals surface area contributed by atoms with Gasteiger partial charge in [-0.1, -0.05) is 0 Å². The number of aryl methyl sites for hydroxylation is 1. The lowest BCUT2D eigenvalue weighted by molar-refractivity contribution is 0.0683. The van der Waals surface area contributed by atoms with Gasteiger partial charge in [-0.05, 0) is 12.8 Å². The van der Waals surface area contributed by atoms with E-state index in [1.165, 1.54) is 24.1 Å². The molecule has 1 aromatic rings. The summed E-state index contributed by atoms with van der Waals surface area (Å²) in [5.41, 5.74) is 3.34. The van der Waals surface area contributed by atoms with Crippen molar-refractivity contribution in [1.29, 1.82) is 0 Å². The Morgan fingerprint density at radius 3 is 3.11 bits per heavy atom. The van der Waals surface area contributed by atoms with Crippen LogP contribution < -0.4 is 0 Å². The third-order valence-electron chi connectivity index (χ3n) is 4.04. The molecule has 1 atom stereocenters. The number of nitrogens with zero attached hydrogens (tertiary/aromatic N) is 3. The molecule has 0 radical (unpaired) electrons. The highest BCUT2D eigenvalue weighted by Gasteiger charge is 2.26. The molecule has 5 nitrogen and oxygen atoms in total. The molecule has 0 amide bonds. The number of fused-ring (bicyclic) bond motifs is 1. The predicted molar refractivity (Wildman–Crippen MR) is 67.1 cm³/mol. The standard InChI is InChI=1S/C13H21N3O2/c1-15-13-4-5-16(7-10-3-2-6-18-10)8-11(13)12(9-17)14-15/h10,17H,2-9H2,1H3. The van der Waals surface area contributed by atoms with Crippen LogP contribution in [0.1, 0.15) is 29.8 Å². The lowest BCUT2D eigenvalue weighted by Crippen LogP contribution is -2.36. The van der Waals surface area contributed by atoms with E-state index in [-0.39, 0.29) is 6.61 Å². The number of aliphatic hydroxyl groups excluding tert-OH is 1. The van der Waals surface area contributed by atoms with Gasteiger partial charge in [0.25, 0.3) is 0 Å². The molecule has 0 spiro atoms. The molecule has 1 N–H and O–H groups in total. The smallest absolute Gasteiger partial charge is 0.0926 e. The van der Waals surface area contributed by atoms with Crippen molar-refractivity contribution < 1.29 is 9.84 Å². The number of aliphatic hydroxyl groups is 1. The Balaban J connectivity index is 1.71. The molecule has 2 aliphatic heterocycles. The minimum absolute atomic E-state index is 0.0386. The second-order valence-corrected chi connectivity index (χ2v) is 5.27. The van der Waals surface area contributed by atoms with Gasteiger partial charge in [0.05, 0.1) is 18.4 Å². The summed E-state index contributed by atoms with van der Waals surface area (Å²) in [4.78, 5) is 2.43. The maximum Gasteiger partial charge on any atom is 0.0926 e. The van der Waals surface area contributed by atoms with E-state index >= 15 is 0 Å². The molecule has 1 fully saturated rings. The summed E-state index contributed by atoms with van der Waals surface area (Å²) < 4.78 is 7.61. The molecule has 3 rings (SSSR count). The molecule has 1 unspecified atom stereocenters. The lowest BCUT2D eigenvalue weighted by Gasteiger charge is -2.29. The average molecular weight is 251 g/mol. The first-order valence-electron chi connectivity index (χ1n) is 6.76. The van der Waals surface area contributed by atoms with E-state index in [4.69, 9.17) is 4.74 Å². The van der Waals surface area contributed by atoms with Crippen LogP contribution in [0.2, 0.25) is 0 Å². The van der Waals surface area contributed by atoms with Crippen molar-refractivity contribution in [2.75, 3.05) is 19.7 Å². The Morgan fingerprint density at radius 2 is 2.39 bits per heavy atom. The molecule has 5 heteroatoms. The molecule has 0 saturated carbocycles. The lowest BCUT2D eigenvalue weighted by atomic mass is 10.0. The third kappa shape index (κ3) is 2.18. The average Bonchev–Trinajstić information content (AvgIpc) is 2.98. The van der Waals surface area contributed by atoms with Gasteiger partial charge in [0.15, 0.2) is 0 Å². The molecule has 18 heavy (non-hydrogen) atoms. The second-order valence-electron chi connectivity index (χ2n) is 5.27. The summed E-state index contributed by atoms with van der Waals surface area (Å²) in [7, 11) is 1.97. The number of rotatable bonds is 3. The van der Waals surface area contributed by atoms with Crippen molar-refractivity contribution >= 4 is 0 Å². The molecule has 1 aromatic heterocycles. The first kappa shape index (κ1) is 12.1. The Bertz CT molecular complexity index is 424. The van der Waals surface area contributed by atoms with E-state index < -0.39 is 0 Å². The fourth-order valence-corrected chi connectivity index (χ4v) is 3.08. The number of aromatic nitrogens is 2. The molecule has 100 valence electrons. The number of hydrogen-bond acceptors (Lipinski definition) is 4. The fourth-order valence-electron chi connectivity index (χ4n) is 3.08. The van der Waals surface area contributed by atoms with Crippen LogP contribution in [0, 0.1) is 0 Å². The van der Waals surface area contributed by atoms with E-state index in [1.807, 2.05) is 11.7 Å². The maximum atomic E-state index is 9.36. The van der Waals surface area contributed by atoms with Crippen LogP contribution in [-0.4, -0.2) is 45.6 Å². The van der Waals surface area contributed by atoms with Gasteiger partial charge in [-0.3, -0.25) is 9.58 Å². The fraction of sp³-hybridized carbons (Fsp3) is 0.769. The number of ether oxygens (including phenoxy) is 1. The third-order valence-corrected chi connectivity index (χ3v) is 4.04. The Morgan fingerprint density at radius 1 is 1.50 bits per heavy atom. The minimum Gasteiger partial charge on any atom is -0.390 e. The molecule has 2 aliphatic rings. The van der Waals surface area contributed by atoms with Crippen molar-refractivity contribution in [1.82, 2.24) is 14.7 Å². The molecule has 1 saturated heterocycles. The van der Waals surface area contributed by atoms with Crippen molar-refractivity contribution in [3.63, 3.8) is 0 Å².